The molecule has 0 saturated carbocycles. The summed E-state index contributed by atoms with van der Waals surface area (Å²) in [6, 6.07) is 0. The smallest absolute Gasteiger partial charge is 0.404 e. The van der Waals surface area contributed by atoms with Gasteiger partial charge in [0, 0.05) is 6.42 Å². The third kappa shape index (κ3) is 2.43. The molecule has 0 aromatic carbocycles. The van der Waals surface area contributed by atoms with Gasteiger partial charge in [0.05, 0.1) is 11.7 Å². The van der Waals surface area contributed by atoms with Gasteiger partial charge in [-0.2, -0.15) is 13.2 Å². The summed E-state index contributed by atoms with van der Waals surface area (Å²) in [5.74, 6) is -1.26. The van der Waals surface area contributed by atoms with Crippen molar-refractivity contribution in [2.45, 2.75) is 48.6 Å². The number of halogens is 3. The van der Waals surface area contributed by atoms with Gasteiger partial charge in [0.2, 0.25) is 0 Å². The van der Waals surface area contributed by atoms with Gasteiger partial charge in [0.1, 0.15) is 5.25 Å². The van der Waals surface area contributed by atoms with Crippen molar-refractivity contribution in [1.82, 2.24) is 0 Å². The Bertz CT molecular complexity index is 371. The zero-order chi connectivity index (χ0) is 13.5. The summed E-state index contributed by atoms with van der Waals surface area (Å²) in [5, 5.41) is -2.48. The Hall–Kier alpha value is -0.920. The number of hydrogen-bond donors (Lipinski definition) is 0. The monoisotopic (exact) mass is 284 g/mol. The lowest BCUT2D eigenvalue weighted by molar-refractivity contribution is -0.191. The number of fused-ring (bicyclic) bond motifs is 2. The largest absolute Gasteiger partial charge is 0.457 e. The van der Waals surface area contributed by atoms with Crippen LogP contribution in [0.1, 0.15) is 19.8 Å². The van der Waals surface area contributed by atoms with Crippen LogP contribution in [0.4, 0.5) is 13.2 Å². The number of esters is 2. The minimum Gasteiger partial charge on any atom is -0.457 e. The van der Waals surface area contributed by atoms with Gasteiger partial charge in [-0.05, 0) is 0 Å². The van der Waals surface area contributed by atoms with Crippen LogP contribution in [0.3, 0.4) is 0 Å². The lowest BCUT2D eigenvalue weighted by Crippen LogP contribution is -2.48. The predicted octanol–water partition coefficient (Wildman–Crippen LogP) is 1.67. The third-order valence-electron chi connectivity index (χ3n) is 2.82. The maximum Gasteiger partial charge on any atom is 0.404 e. The molecular weight excluding hydrogens is 273 g/mol. The van der Waals surface area contributed by atoms with E-state index in [1.165, 1.54) is 0 Å². The van der Waals surface area contributed by atoms with Gasteiger partial charge in [0.25, 0.3) is 0 Å². The van der Waals surface area contributed by atoms with Crippen LogP contribution in [0, 0.1) is 0 Å². The molecule has 2 rings (SSSR count). The highest BCUT2D eigenvalue weighted by Gasteiger charge is 2.61. The van der Waals surface area contributed by atoms with Gasteiger partial charge in [0.15, 0.2) is 12.2 Å². The summed E-state index contributed by atoms with van der Waals surface area (Å²) >= 11 is 0.604. The second-order valence-corrected chi connectivity index (χ2v) is 5.49. The summed E-state index contributed by atoms with van der Waals surface area (Å²) in [7, 11) is 0. The zero-order valence-electron chi connectivity index (χ0n) is 9.40. The highest BCUT2D eigenvalue weighted by Crippen LogP contribution is 2.49. The van der Waals surface area contributed by atoms with Crippen LogP contribution in [-0.2, 0) is 19.1 Å². The Morgan fingerprint density at radius 3 is 2.78 bits per heavy atom. The van der Waals surface area contributed by atoms with Gasteiger partial charge >= 0.3 is 18.1 Å². The lowest BCUT2D eigenvalue weighted by Gasteiger charge is -2.29. The standard InChI is InChI=1S/C10H11F3O4S/c1-2-5(14)16-7-4-3-6(15)17-8(7)9(18-4)10(11,12)13/h4,7-9H,2-3H2,1H3. The van der Waals surface area contributed by atoms with Gasteiger partial charge < -0.3 is 9.47 Å². The second-order valence-electron chi connectivity index (χ2n) is 4.10. The van der Waals surface area contributed by atoms with Crippen molar-refractivity contribution in [1.29, 1.82) is 0 Å². The van der Waals surface area contributed by atoms with Crippen molar-refractivity contribution < 1.29 is 32.2 Å². The van der Waals surface area contributed by atoms with Crippen molar-refractivity contribution >= 4 is 23.7 Å². The molecule has 0 aromatic heterocycles. The average molecular weight is 284 g/mol. The first-order chi connectivity index (χ1) is 8.32. The minimum absolute atomic E-state index is 0.0746. The van der Waals surface area contributed by atoms with Crippen LogP contribution in [0.2, 0.25) is 0 Å². The second kappa shape index (κ2) is 4.64. The Morgan fingerprint density at radius 2 is 2.22 bits per heavy atom. The average Bonchev–Trinajstić information content (AvgIpc) is 2.47. The fraction of sp³-hybridized carbons (Fsp3) is 0.800. The molecule has 0 aliphatic carbocycles. The molecule has 0 amide bonds. The molecule has 0 radical (unpaired) electrons. The van der Waals surface area contributed by atoms with Crippen molar-refractivity contribution in [3.05, 3.63) is 0 Å². The number of hydrogen-bond acceptors (Lipinski definition) is 5. The maximum absolute atomic E-state index is 12.8. The topological polar surface area (TPSA) is 52.6 Å². The molecule has 2 aliphatic heterocycles. The summed E-state index contributed by atoms with van der Waals surface area (Å²) in [6.07, 6.45) is -6.98. The molecule has 102 valence electrons. The van der Waals surface area contributed by atoms with Crippen LogP contribution < -0.4 is 0 Å². The Morgan fingerprint density at radius 1 is 1.56 bits per heavy atom. The van der Waals surface area contributed by atoms with Gasteiger partial charge in [-0.25, -0.2) is 0 Å². The van der Waals surface area contributed by atoms with Gasteiger partial charge in [-0.15, -0.1) is 11.8 Å². The molecule has 2 fully saturated rings. The van der Waals surface area contributed by atoms with E-state index in [4.69, 9.17) is 9.47 Å². The number of carbonyl (C=O) groups excluding carboxylic acids is 2. The molecule has 2 heterocycles. The van der Waals surface area contributed by atoms with E-state index in [1.54, 1.807) is 6.92 Å². The maximum atomic E-state index is 12.8. The first-order valence-electron chi connectivity index (χ1n) is 5.44. The summed E-state index contributed by atoms with van der Waals surface area (Å²) in [4.78, 5) is 22.3. The number of thioether (sulfide) groups is 1. The Balaban J connectivity index is 2.18. The molecule has 0 N–H and O–H groups in total. The predicted molar refractivity (Wildman–Crippen MR) is 55.9 cm³/mol. The Labute approximate surface area is 105 Å². The van der Waals surface area contributed by atoms with Crippen LogP contribution in [0.25, 0.3) is 0 Å². The van der Waals surface area contributed by atoms with Crippen molar-refractivity contribution in [3.63, 3.8) is 0 Å². The molecule has 4 nitrogen and oxygen atoms in total. The summed E-state index contributed by atoms with van der Waals surface area (Å²) < 4.78 is 48.0. The van der Waals surface area contributed by atoms with E-state index in [9.17, 15) is 22.8 Å². The number of ether oxygens (including phenoxy) is 2. The van der Waals surface area contributed by atoms with Crippen molar-refractivity contribution in [2.75, 3.05) is 0 Å². The van der Waals surface area contributed by atoms with E-state index in [0.29, 0.717) is 11.8 Å². The van der Waals surface area contributed by atoms with Crippen LogP contribution in [0.15, 0.2) is 0 Å². The van der Waals surface area contributed by atoms with Crippen LogP contribution >= 0.6 is 11.8 Å². The highest BCUT2D eigenvalue weighted by atomic mass is 32.2. The molecular formula is C10H11F3O4S. The fourth-order valence-electron chi connectivity index (χ4n) is 2.03. The molecule has 0 aromatic rings. The van der Waals surface area contributed by atoms with E-state index in [2.05, 4.69) is 0 Å². The normalized spacial score (nSPS) is 35.2. The van der Waals surface area contributed by atoms with E-state index in [0.717, 1.165) is 0 Å². The molecule has 2 saturated heterocycles. The van der Waals surface area contributed by atoms with E-state index < -0.39 is 40.8 Å². The van der Waals surface area contributed by atoms with E-state index in [-0.39, 0.29) is 12.8 Å². The molecule has 2 bridgehead atoms. The van der Waals surface area contributed by atoms with Crippen LogP contribution in [-0.4, -0.2) is 40.8 Å². The first-order valence-corrected chi connectivity index (χ1v) is 6.38. The molecule has 8 heteroatoms. The quantitative estimate of drug-likeness (QED) is 0.722. The van der Waals surface area contributed by atoms with Crippen molar-refractivity contribution in [2.24, 2.45) is 0 Å². The molecule has 4 atom stereocenters. The van der Waals surface area contributed by atoms with Gasteiger partial charge in [-0.1, -0.05) is 6.92 Å². The number of rotatable bonds is 2. The minimum atomic E-state index is -4.48. The highest BCUT2D eigenvalue weighted by molar-refractivity contribution is 8.01. The lowest BCUT2D eigenvalue weighted by atomic mass is 10.0. The first kappa shape index (κ1) is 13.5. The molecule has 0 spiro atoms. The summed E-state index contributed by atoms with van der Waals surface area (Å²) in [5.41, 5.74) is 0. The third-order valence-corrected chi connectivity index (χ3v) is 4.44. The van der Waals surface area contributed by atoms with E-state index in [1.807, 2.05) is 0 Å². The number of alkyl halides is 3. The van der Waals surface area contributed by atoms with Gasteiger partial charge in [-0.3, -0.25) is 9.59 Å². The summed E-state index contributed by atoms with van der Waals surface area (Å²) in [6.45, 7) is 1.55. The van der Waals surface area contributed by atoms with Crippen molar-refractivity contribution in [3.8, 4) is 0 Å². The van der Waals surface area contributed by atoms with Crippen LogP contribution in [0.5, 0.6) is 0 Å². The molecule has 18 heavy (non-hydrogen) atoms. The van der Waals surface area contributed by atoms with E-state index >= 15 is 0 Å². The Kier molecular flexibility index (Phi) is 3.48. The zero-order valence-corrected chi connectivity index (χ0v) is 10.2. The molecule has 2 aliphatic rings. The number of carbonyl (C=O) groups is 2. The fourth-order valence-corrected chi connectivity index (χ4v) is 3.52. The SMILES string of the molecule is CCC(=O)OC1C2CC(=O)OC1C(C(F)(F)F)S2. The molecule has 4 unspecified atom stereocenters.